The average molecular weight is 404 g/mol. The van der Waals surface area contributed by atoms with E-state index in [2.05, 4.69) is 0 Å². The third-order valence-electron chi connectivity index (χ3n) is 4.59. The number of benzene rings is 2. The monoisotopic (exact) mass is 403 g/mol. The molecule has 1 saturated heterocycles. The summed E-state index contributed by atoms with van der Waals surface area (Å²) in [4.78, 5) is 0.0964. The van der Waals surface area contributed by atoms with Crippen LogP contribution >= 0.6 is 11.6 Å². The first-order chi connectivity index (χ1) is 12.2. The van der Waals surface area contributed by atoms with Crippen LogP contribution in [0.5, 0.6) is 0 Å². The molecule has 0 atom stereocenters. The molecule has 8 heteroatoms. The lowest BCUT2D eigenvalue weighted by Gasteiger charge is -2.32. The van der Waals surface area contributed by atoms with Crippen LogP contribution in [0.4, 0.5) is 13.2 Å². The Morgan fingerprint density at radius 3 is 2.27 bits per heavy atom. The van der Waals surface area contributed by atoms with Crippen LogP contribution in [0.1, 0.15) is 29.9 Å². The van der Waals surface area contributed by atoms with Crippen LogP contribution in [0.2, 0.25) is 5.02 Å². The molecule has 0 unspecified atom stereocenters. The average Bonchev–Trinajstić information content (AvgIpc) is 2.61. The van der Waals surface area contributed by atoms with Gasteiger partial charge < -0.3 is 0 Å². The van der Waals surface area contributed by atoms with Crippen molar-refractivity contribution >= 4 is 21.6 Å². The second kappa shape index (κ2) is 7.21. The van der Waals surface area contributed by atoms with Gasteiger partial charge in [-0.3, -0.25) is 0 Å². The summed E-state index contributed by atoms with van der Waals surface area (Å²) in [5.41, 5.74) is -0.407. The number of rotatable bonds is 3. The maximum Gasteiger partial charge on any atom is 0.416 e. The molecule has 0 radical (unpaired) electrons. The minimum absolute atomic E-state index is 0.0964. The highest BCUT2D eigenvalue weighted by Crippen LogP contribution is 2.39. The fraction of sp³-hybridized carbons (Fsp3) is 0.333. The van der Waals surface area contributed by atoms with E-state index < -0.39 is 21.8 Å². The van der Waals surface area contributed by atoms with Gasteiger partial charge >= 0.3 is 6.18 Å². The Hall–Kier alpha value is -1.57. The molecule has 26 heavy (non-hydrogen) atoms. The number of piperidine rings is 1. The number of halogens is 4. The zero-order valence-corrected chi connectivity index (χ0v) is 15.3. The summed E-state index contributed by atoms with van der Waals surface area (Å²) in [6.45, 7) is 0.345. The van der Waals surface area contributed by atoms with Gasteiger partial charge in [0.2, 0.25) is 10.0 Å². The first-order valence-corrected chi connectivity index (χ1v) is 9.93. The molecule has 140 valence electrons. The van der Waals surface area contributed by atoms with Gasteiger partial charge in [0.15, 0.2) is 0 Å². The van der Waals surface area contributed by atoms with Crippen molar-refractivity contribution in [1.29, 1.82) is 0 Å². The molecule has 1 aliphatic heterocycles. The molecule has 1 fully saturated rings. The van der Waals surface area contributed by atoms with Crippen LogP contribution in [0.25, 0.3) is 0 Å². The number of hydrogen-bond donors (Lipinski definition) is 0. The van der Waals surface area contributed by atoms with Crippen molar-refractivity contribution in [2.45, 2.75) is 29.8 Å². The van der Waals surface area contributed by atoms with Crippen LogP contribution in [0.15, 0.2) is 53.4 Å². The van der Waals surface area contributed by atoms with E-state index in [0.29, 0.717) is 17.9 Å². The van der Waals surface area contributed by atoms with Crippen LogP contribution in [0.3, 0.4) is 0 Å². The summed E-state index contributed by atoms with van der Waals surface area (Å²) >= 11 is 5.86. The smallest absolute Gasteiger partial charge is 0.207 e. The van der Waals surface area contributed by atoms with E-state index in [9.17, 15) is 21.6 Å². The minimum atomic E-state index is -4.42. The third-order valence-corrected chi connectivity index (χ3v) is 6.72. The molecule has 1 heterocycles. The van der Waals surface area contributed by atoms with Gasteiger partial charge in [-0.05, 0) is 48.6 Å². The zero-order chi connectivity index (χ0) is 18.9. The van der Waals surface area contributed by atoms with Gasteiger partial charge in [-0.1, -0.05) is 35.9 Å². The second-order valence-corrected chi connectivity index (χ2v) is 8.60. The Kier molecular flexibility index (Phi) is 5.33. The summed E-state index contributed by atoms with van der Waals surface area (Å²) in [5.74, 6) is -0.321. The van der Waals surface area contributed by atoms with Gasteiger partial charge in [-0.15, -0.1) is 0 Å². The first kappa shape index (κ1) is 19.2. The van der Waals surface area contributed by atoms with Crippen molar-refractivity contribution < 1.29 is 21.6 Å². The van der Waals surface area contributed by atoms with Crippen molar-refractivity contribution in [3.63, 3.8) is 0 Å². The molecule has 3 rings (SSSR count). The lowest BCUT2D eigenvalue weighted by molar-refractivity contribution is -0.138. The van der Waals surface area contributed by atoms with E-state index in [1.807, 2.05) is 0 Å². The Morgan fingerprint density at radius 1 is 1.00 bits per heavy atom. The molecule has 0 saturated carbocycles. The zero-order valence-electron chi connectivity index (χ0n) is 13.7. The summed E-state index contributed by atoms with van der Waals surface area (Å²) in [6.07, 6.45) is -3.74. The minimum Gasteiger partial charge on any atom is -0.207 e. The van der Waals surface area contributed by atoms with E-state index in [4.69, 9.17) is 11.6 Å². The van der Waals surface area contributed by atoms with E-state index >= 15 is 0 Å². The second-order valence-electron chi connectivity index (χ2n) is 6.22. The maximum absolute atomic E-state index is 13.2. The van der Waals surface area contributed by atoms with Gasteiger partial charge in [0.1, 0.15) is 0 Å². The van der Waals surface area contributed by atoms with Crippen LogP contribution in [0, 0.1) is 0 Å². The van der Waals surface area contributed by atoms with Crippen molar-refractivity contribution in [1.82, 2.24) is 4.31 Å². The summed E-state index contributed by atoms with van der Waals surface area (Å²) < 4.78 is 66.3. The molecule has 2 aromatic carbocycles. The molecule has 2 aromatic rings. The van der Waals surface area contributed by atoms with E-state index in [1.165, 1.54) is 28.6 Å². The van der Waals surface area contributed by atoms with Crippen molar-refractivity contribution in [3.8, 4) is 0 Å². The highest BCUT2D eigenvalue weighted by Gasteiger charge is 2.37. The molecule has 0 aliphatic carbocycles. The quantitative estimate of drug-likeness (QED) is 0.728. The van der Waals surface area contributed by atoms with Gasteiger partial charge in [-0.25, -0.2) is 8.42 Å². The van der Waals surface area contributed by atoms with E-state index in [0.717, 1.165) is 6.07 Å². The Morgan fingerprint density at radius 2 is 1.65 bits per heavy atom. The number of alkyl halides is 3. The predicted octanol–water partition coefficient (Wildman–Crippen LogP) is 4.93. The van der Waals surface area contributed by atoms with Gasteiger partial charge in [0.25, 0.3) is 0 Å². The Balaban J connectivity index is 1.78. The van der Waals surface area contributed by atoms with Crippen LogP contribution in [-0.2, 0) is 16.2 Å². The number of nitrogens with zero attached hydrogens (tertiary/aromatic N) is 1. The molecule has 3 nitrogen and oxygen atoms in total. The fourth-order valence-electron chi connectivity index (χ4n) is 3.29. The van der Waals surface area contributed by atoms with Crippen LogP contribution < -0.4 is 0 Å². The van der Waals surface area contributed by atoms with E-state index in [-0.39, 0.29) is 29.5 Å². The van der Waals surface area contributed by atoms with Gasteiger partial charge in [0, 0.05) is 18.1 Å². The standard InChI is InChI=1S/C18H17ClF3NO2S/c19-14-4-3-5-15(12-14)26(24,25)23-10-8-13(9-11-23)16-6-1-2-7-17(16)18(20,21)22/h1-7,12-13H,8-11H2. The van der Waals surface area contributed by atoms with Gasteiger partial charge in [-0.2, -0.15) is 17.5 Å². The molecule has 0 N–H and O–H groups in total. The highest BCUT2D eigenvalue weighted by atomic mass is 35.5. The molecule has 0 aromatic heterocycles. The Labute approximate surface area is 155 Å². The third kappa shape index (κ3) is 3.89. The fourth-order valence-corrected chi connectivity index (χ4v) is 5.07. The van der Waals surface area contributed by atoms with Crippen molar-refractivity contribution in [3.05, 3.63) is 64.7 Å². The molecule has 0 bridgehead atoms. The van der Waals surface area contributed by atoms with Gasteiger partial charge in [0.05, 0.1) is 10.5 Å². The van der Waals surface area contributed by atoms with Crippen molar-refractivity contribution in [2.24, 2.45) is 0 Å². The summed E-state index contributed by atoms with van der Waals surface area (Å²) in [6, 6.07) is 11.5. The summed E-state index contributed by atoms with van der Waals surface area (Å²) in [7, 11) is -3.70. The van der Waals surface area contributed by atoms with Crippen molar-refractivity contribution in [2.75, 3.05) is 13.1 Å². The maximum atomic E-state index is 13.2. The first-order valence-electron chi connectivity index (χ1n) is 8.11. The molecular weight excluding hydrogens is 387 g/mol. The highest BCUT2D eigenvalue weighted by molar-refractivity contribution is 7.89. The molecule has 0 amide bonds. The molecule has 1 aliphatic rings. The molecular formula is C18H17ClF3NO2S. The largest absolute Gasteiger partial charge is 0.416 e. The molecule has 0 spiro atoms. The Bertz CT molecular complexity index is 891. The SMILES string of the molecule is O=S(=O)(c1cccc(Cl)c1)N1CCC(c2ccccc2C(F)(F)F)CC1. The van der Waals surface area contributed by atoms with E-state index in [1.54, 1.807) is 18.2 Å². The number of sulfonamides is 1. The number of hydrogen-bond acceptors (Lipinski definition) is 2. The predicted molar refractivity (Wildman–Crippen MR) is 93.6 cm³/mol. The van der Waals surface area contributed by atoms with Crippen LogP contribution in [-0.4, -0.2) is 25.8 Å². The lowest BCUT2D eigenvalue weighted by Crippen LogP contribution is -2.38. The topological polar surface area (TPSA) is 37.4 Å². The normalized spacial score (nSPS) is 17.4. The lowest BCUT2D eigenvalue weighted by atomic mass is 9.87. The summed E-state index contributed by atoms with van der Waals surface area (Å²) in [5, 5.41) is 0.320.